The zero-order valence-electron chi connectivity index (χ0n) is 15.0. The van der Waals surface area contributed by atoms with Gasteiger partial charge in [0.1, 0.15) is 11.9 Å². The van der Waals surface area contributed by atoms with Crippen molar-refractivity contribution in [3.63, 3.8) is 0 Å². The summed E-state index contributed by atoms with van der Waals surface area (Å²) in [6, 6.07) is 1.68. The Hall–Kier alpha value is -2.82. The quantitative estimate of drug-likeness (QED) is 0.650. The highest BCUT2D eigenvalue weighted by Crippen LogP contribution is 2.31. The fourth-order valence-electron chi connectivity index (χ4n) is 2.93. The van der Waals surface area contributed by atoms with Crippen LogP contribution in [-0.2, 0) is 11.0 Å². The molecule has 12 heteroatoms. The van der Waals surface area contributed by atoms with E-state index in [4.69, 9.17) is 11.6 Å². The third-order valence-corrected chi connectivity index (χ3v) is 4.79. The number of nitrogens with zero attached hydrogens (tertiary/aromatic N) is 2. The summed E-state index contributed by atoms with van der Waals surface area (Å²) in [7, 11) is 0. The van der Waals surface area contributed by atoms with Gasteiger partial charge in [0.15, 0.2) is 5.69 Å². The third-order valence-electron chi connectivity index (χ3n) is 4.50. The number of aromatic nitrogens is 2. The molecule has 7 nitrogen and oxygen atoms in total. The van der Waals surface area contributed by atoms with E-state index < -0.39 is 35.8 Å². The number of nitrogens with one attached hydrogen (secondary N) is 3. The summed E-state index contributed by atoms with van der Waals surface area (Å²) in [4.78, 5) is 25.8. The molecule has 2 heterocycles. The summed E-state index contributed by atoms with van der Waals surface area (Å²) in [5.41, 5.74) is -1.02. The van der Waals surface area contributed by atoms with Gasteiger partial charge in [-0.2, -0.15) is 18.3 Å². The van der Waals surface area contributed by atoms with E-state index in [2.05, 4.69) is 20.8 Å². The fourth-order valence-corrected chi connectivity index (χ4v) is 3.12. The molecule has 2 aromatic rings. The largest absolute Gasteiger partial charge is 0.435 e. The Labute approximate surface area is 167 Å². The second-order valence-corrected chi connectivity index (χ2v) is 6.83. The van der Waals surface area contributed by atoms with Gasteiger partial charge in [-0.25, -0.2) is 9.18 Å². The van der Waals surface area contributed by atoms with Gasteiger partial charge in [0.05, 0.1) is 16.8 Å². The summed E-state index contributed by atoms with van der Waals surface area (Å²) < 4.78 is 52.3. The van der Waals surface area contributed by atoms with E-state index in [1.807, 2.05) is 0 Å². The van der Waals surface area contributed by atoms with Crippen molar-refractivity contribution in [1.29, 1.82) is 0 Å². The Kier molecular flexibility index (Phi) is 5.69. The molecule has 1 aromatic carbocycles. The minimum absolute atomic E-state index is 0.0811. The summed E-state index contributed by atoms with van der Waals surface area (Å²) in [5.74, 6) is -1.07. The maximum Gasteiger partial charge on any atom is 0.435 e. The van der Waals surface area contributed by atoms with Gasteiger partial charge in [-0.1, -0.05) is 17.7 Å². The van der Waals surface area contributed by atoms with Gasteiger partial charge in [-0.3, -0.25) is 9.89 Å². The molecule has 29 heavy (non-hydrogen) atoms. The number of hydrogen-bond donors (Lipinski definition) is 3. The third kappa shape index (κ3) is 4.44. The number of alkyl halides is 3. The number of piperazine rings is 1. The molecule has 0 radical (unpaired) electrons. The molecule has 156 valence electrons. The molecule has 2 atom stereocenters. The number of amides is 3. The molecule has 0 bridgehead atoms. The van der Waals surface area contributed by atoms with Crippen LogP contribution in [0.25, 0.3) is 0 Å². The van der Waals surface area contributed by atoms with Crippen molar-refractivity contribution in [3.8, 4) is 0 Å². The zero-order chi connectivity index (χ0) is 21.3. The van der Waals surface area contributed by atoms with Crippen molar-refractivity contribution in [2.75, 3.05) is 13.1 Å². The number of rotatable bonds is 3. The lowest BCUT2D eigenvalue weighted by Gasteiger charge is -2.34. The number of hydrogen-bond acceptors (Lipinski definition) is 3. The number of benzene rings is 1. The van der Waals surface area contributed by atoms with Crippen molar-refractivity contribution in [3.05, 3.63) is 52.1 Å². The highest BCUT2D eigenvalue weighted by atomic mass is 35.5. The first kappa shape index (κ1) is 20.9. The van der Waals surface area contributed by atoms with Crippen molar-refractivity contribution in [2.45, 2.75) is 25.2 Å². The van der Waals surface area contributed by atoms with Crippen molar-refractivity contribution < 1.29 is 27.2 Å². The van der Waals surface area contributed by atoms with Gasteiger partial charge < -0.3 is 15.5 Å². The topological polar surface area (TPSA) is 90.1 Å². The van der Waals surface area contributed by atoms with E-state index >= 15 is 0 Å². The first-order valence-electron chi connectivity index (χ1n) is 8.50. The van der Waals surface area contributed by atoms with Crippen LogP contribution >= 0.6 is 11.6 Å². The summed E-state index contributed by atoms with van der Waals surface area (Å²) in [6.07, 6.45) is -4.69. The Bertz CT molecular complexity index is 933. The highest BCUT2D eigenvalue weighted by molar-refractivity contribution is 6.30. The van der Waals surface area contributed by atoms with Crippen LogP contribution < -0.4 is 10.6 Å². The van der Waals surface area contributed by atoms with Crippen LogP contribution in [0.1, 0.15) is 29.9 Å². The molecular formula is C17H16ClF4N5O2. The lowest BCUT2D eigenvalue weighted by atomic mass is 10.0. The monoisotopic (exact) mass is 433 g/mol. The van der Waals surface area contributed by atoms with Crippen molar-refractivity contribution >= 4 is 23.5 Å². The minimum atomic E-state index is -4.69. The van der Waals surface area contributed by atoms with Gasteiger partial charge in [-0.05, 0) is 30.7 Å². The first-order chi connectivity index (χ1) is 13.6. The van der Waals surface area contributed by atoms with E-state index in [1.54, 1.807) is 0 Å². The van der Waals surface area contributed by atoms with Crippen LogP contribution in [0.4, 0.5) is 22.4 Å². The van der Waals surface area contributed by atoms with Crippen LogP contribution in [0.2, 0.25) is 5.02 Å². The summed E-state index contributed by atoms with van der Waals surface area (Å²) in [6.45, 7) is 1.98. The maximum atomic E-state index is 13.5. The molecule has 0 unspecified atom stereocenters. The lowest BCUT2D eigenvalue weighted by Crippen LogP contribution is -2.58. The van der Waals surface area contributed by atoms with E-state index in [0.717, 1.165) is 12.1 Å². The van der Waals surface area contributed by atoms with Crippen LogP contribution in [0.15, 0.2) is 24.3 Å². The molecule has 1 aliphatic heterocycles. The zero-order valence-corrected chi connectivity index (χ0v) is 15.7. The molecule has 1 fully saturated rings. The number of halogens is 5. The molecule has 1 aliphatic rings. The van der Waals surface area contributed by atoms with E-state index in [-0.39, 0.29) is 35.3 Å². The molecule has 0 aliphatic carbocycles. The molecule has 3 rings (SSSR count). The molecule has 1 aromatic heterocycles. The van der Waals surface area contributed by atoms with Gasteiger partial charge in [0.25, 0.3) is 0 Å². The van der Waals surface area contributed by atoms with E-state index in [9.17, 15) is 27.2 Å². The molecule has 1 saturated heterocycles. The predicted octanol–water partition coefficient (Wildman–Crippen LogP) is 2.84. The Morgan fingerprint density at radius 1 is 1.38 bits per heavy atom. The van der Waals surface area contributed by atoms with Gasteiger partial charge in [0, 0.05) is 13.1 Å². The van der Waals surface area contributed by atoms with Crippen LogP contribution in [-0.4, -0.2) is 46.2 Å². The Balaban J connectivity index is 1.94. The Morgan fingerprint density at radius 2 is 2.10 bits per heavy atom. The number of H-pyrrole nitrogens is 1. The van der Waals surface area contributed by atoms with Crippen LogP contribution in [0.5, 0.6) is 0 Å². The van der Waals surface area contributed by atoms with Crippen molar-refractivity contribution in [2.24, 2.45) is 0 Å². The standard InChI is InChI=1S/C17H16ClF4N5O2/c1-8-15(28)23-4-5-27(8)16(29)24-14(9-2-3-11(19)10(18)6-9)12-7-13(26-25-12)17(20,21)22/h2-3,6-8,14H,4-5H2,1H3,(H,23,28)(H,24,29)(H,25,26)/t8-,14+/m1/s1. The molecule has 0 spiro atoms. The second-order valence-electron chi connectivity index (χ2n) is 6.42. The molecular weight excluding hydrogens is 418 g/mol. The van der Waals surface area contributed by atoms with E-state index in [1.165, 1.54) is 24.0 Å². The lowest BCUT2D eigenvalue weighted by molar-refractivity contribution is -0.141. The molecule has 0 saturated carbocycles. The first-order valence-corrected chi connectivity index (χ1v) is 8.88. The summed E-state index contributed by atoms with van der Waals surface area (Å²) >= 11 is 5.79. The predicted molar refractivity (Wildman–Crippen MR) is 94.6 cm³/mol. The van der Waals surface area contributed by atoms with Crippen LogP contribution in [0, 0.1) is 5.82 Å². The number of urea groups is 1. The van der Waals surface area contributed by atoms with Crippen LogP contribution in [0.3, 0.4) is 0 Å². The van der Waals surface area contributed by atoms with Crippen molar-refractivity contribution in [1.82, 2.24) is 25.7 Å². The minimum Gasteiger partial charge on any atom is -0.353 e. The number of carbonyl (C=O) groups is 2. The average Bonchev–Trinajstić information content (AvgIpc) is 3.14. The average molecular weight is 434 g/mol. The number of carbonyl (C=O) groups excluding carboxylic acids is 2. The summed E-state index contributed by atoms with van der Waals surface area (Å²) in [5, 5.41) is 10.4. The maximum absolute atomic E-state index is 13.5. The SMILES string of the molecule is C[C@@H]1C(=O)NCCN1C(=O)N[C@@H](c1ccc(F)c(Cl)c1)c1cc(C(F)(F)F)n[nH]1. The fraction of sp³-hybridized carbons (Fsp3) is 0.353. The smallest absolute Gasteiger partial charge is 0.353 e. The number of aromatic amines is 1. The highest BCUT2D eigenvalue weighted by Gasteiger charge is 2.36. The van der Waals surface area contributed by atoms with Gasteiger partial charge in [-0.15, -0.1) is 0 Å². The normalized spacial score (nSPS) is 18.3. The van der Waals surface area contributed by atoms with Gasteiger partial charge >= 0.3 is 12.2 Å². The van der Waals surface area contributed by atoms with E-state index in [0.29, 0.717) is 0 Å². The molecule has 3 amide bonds. The molecule has 3 N–H and O–H groups in total. The van der Waals surface area contributed by atoms with Gasteiger partial charge in [0.2, 0.25) is 5.91 Å². The second kappa shape index (κ2) is 7.90. The Morgan fingerprint density at radius 3 is 2.72 bits per heavy atom.